The highest BCUT2D eigenvalue weighted by molar-refractivity contribution is 7.90. The van der Waals surface area contributed by atoms with Gasteiger partial charge in [0.25, 0.3) is 5.56 Å². The van der Waals surface area contributed by atoms with E-state index in [1.165, 1.54) is 18.9 Å². The number of nitrogens with one attached hydrogen (secondary N) is 2. The minimum absolute atomic E-state index is 0.204. The van der Waals surface area contributed by atoms with E-state index in [-0.39, 0.29) is 17.3 Å². The monoisotopic (exact) mass is 548 g/mol. The number of sulfone groups is 1. The molecule has 1 aromatic carbocycles. The van der Waals surface area contributed by atoms with Gasteiger partial charge in [0, 0.05) is 42.6 Å². The number of ether oxygens (including phenoxy) is 1. The van der Waals surface area contributed by atoms with Gasteiger partial charge in [-0.2, -0.15) is 0 Å². The van der Waals surface area contributed by atoms with Crippen LogP contribution in [0.4, 0.5) is 11.5 Å². The van der Waals surface area contributed by atoms with Crippen LogP contribution in [0, 0.1) is 6.92 Å². The van der Waals surface area contributed by atoms with Crippen molar-refractivity contribution >= 4 is 32.1 Å². The zero-order chi connectivity index (χ0) is 27.6. The zero-order valence-electron chi connectivity index (χ0n) is 22.3. The number of hydrogen-bond donors (Lipinski definition) is 2. The van der Waals surface area contributed by atoms with Crippen molar-refractivity contribution in [3.05, 3.63) is 70.4 Å². The minimum atomic E-state index is -2.95. The molecule has 0 spiro atoms. The summed E-state index contributed by atoms with van der Waals surface area (Å²) >= 11 is 0. The molecule has 0 bridgehead atoms. The molecule has 0 amide bonds. The Hall–Kier alpha value is -3.83. The number of aromatic amines is 1. The topological polar surface area (TPSA) is 130 Å². The number of hydrogen-bond acceptors (Lipinski definition) is 9. The molecule has 3 aromatic heterocycles. The van der Waals surface area contributed by atoms with Gasteiger partial charge >= 0.3 is 6.01 Å². The number of H-pyrrole nitrogens is 1. The number of piperidine rings is 1. The summed E-state index contributed by atoms with van der Waals surface area (Å²) in [5, 5.41) is 4.59. The van der Waals surface area contributed by atoms with E-state index >= 15 is 0 Å². The minimum Gasteiger partial charge on any atom is -0.467 e. The van der Waals surface area contributed by atoms with Gasteiger partial charge in [0.1, 0.15) is 15.7 Å². The van der Waals surface area contributed by atoms with E-state index in [9.17, 15) is 13.2 Å². The summed E-state index contributed by atoms with van der Waals surface area (Å²) in [4.78, 5) is 30.9. The first-order chi connectivity index (χ1) is 18.7. The van der Waals surface area contributed by atoms with Crippen molar-refractivity contribution in [1.29, 1.82) is 0 Å². The van der Waals surface area contributed by atoms with Crippen molar-refractivity contribution in [3.63, 3.8) is 0 Å². The first kappa shape index (κ1) is 26.8. The van der Waals surface area contributed by atoms with Gasteiger partial charge in [-0.05, 0) is 79.6 Å². The van der Waals surface area contributed by atoms with Gasteiger partial charge in [-0.25, -0.2) is 23.4 Å². The molecule has 0 saturated carbocycles. The number of nitrogens with zero attached hydrogens (tertiary/aromatic N) is 4. The van der Waals surface area contributed by atoms with E-state index in [1.54, 1.807) is 18.6 Å². The lowest BCUT2D eigenvalue weighted by Crippen LogP contribution is -2.36. The Bertz CT molecular complexity index is 1650. The summed E-state index contributed by atoms with van der Waals surface area (Å²) in [5.41, 5.74) is 4.40. The molecule has 0 radical (unpaired) electrons. The summed E-state index contributed by atoms with van der Waals surface area (Å²) < 4.78 is 28.1. The number of methoxy groups -OCH3 is 1. The predicted molar refractivity (Wildman–Crippen MR) is 153 cm³/mol. The van der Waals surface area contributed by atoms with Gasteiger partial charge in [0.2, 0.25) is 0 Å². The third-order valence-electron chi connectivity index (χ3n) is 7.20. The Labute approximate surface area is 227 Å². The molecule has 1 aliphatic heterocycles. The molecule has 1 saturated heterocycles. The van der Waals surface area contributed by atoms with Crippen LogP contribution in [-0.4, -0.2) is 72.0 Å². The van der Waals surface area contributed by atoms with Crippen molar-refractivity contribution < 1.29 is 13.2 Å². The SMILES string of the molecule is COc1ncc(-c2cc3cc[nH]c(=O)c3c(Nc3ccc(C4CCN(CCS(C)(=O)=O)CC4)c(C)c3)n2)cn1. The Kier molecular flexibility index (Phi) is 7.62. The van der Waals surface area contributed by atoms with Gasteiger partial charge in [-0.15, -0.1) is 0 Å². The maximum atomic E-state index is 12.8. The van der Waals surface area contributed by atoms with E-state index < -0.39 is 9.84 Å². The Balaban J connectivity index is 1.38. The number of likely N-dealkylation sites (tertiary alicyclic amines) is 1. The van der Waals surface area contributed by atoms with E-state index in [1.807, 2.05) is 18.2 Å². The van der Waals surface area contributed by atoms with E-state index in [2.05, 4.69) is 44.2 Å². The molecule has 4 heterocycles. The van der Waals surface area contributed by atoms with Crippen LogP contribution in [0.15, 0.2) is 53.7 Å². The summed E-state index contributed by atoms with van der Waals surface area (Å²) in [6.07, 6.45) is 8.17. The number of rotatable bonds is 8. The van der Waals surface area contributed by atoms with Crippen LogP contribution in [0.3, 0.4) is 0 Å². The van der Waals surface area contributed by atoms with Crippen LogP contribution in [0.25, 0.3) is 22.0 Å². The maximum Gasteiger partial charge on any atom is 0.316 e. The fraction of sp³-hybridized carbons (Fsp3) is 0.357. The molecule has 0 atom stereocenters. The summed E-state index contributed by atoms with van der Waals surface area (Å²) in [6.45, 7) is 4.47. The number of aryl methyl sites for hydroxylation is 1. The van der Waals surface area contributed by atoms with Crippen LogP contribution in [0.5, 0.6) is 6.01 Å². The molecule has 39 heavy (non-hydrogen) atoms. The number of aromatic nitrogens is 4. The molecule has 1 fully saturated rings. The standard InChI is InChI=1S/C28H32N6O4S/c1-18-14-22(4-5-23(18)19-7-10-34(11-8-19)12-13-39(3,36)37)32-26-25-20(6-9-29-27(25)35)15-24(33-26)21-16-30-28(38-2)31-17-21/h4-6,9,14-17,19H,7-8,10-13H2,1-3H3,(H,29,35)(H,32,33). The van der Waals surface area contributed by atoms with Crippen molar-refractivity contribution in [2.75, 3.05) is 44.1 Å². The van der Waals surface area contributed by atoms with Crippen LogP contribution < -0.4 is 15.6 Å². The quantitative estimate of drug-likeness (QED) is 0.339. The van der Waals surface area contributed by atoms with Gasteiger partial charge in [0.15, 0.2) is 0 Å². The Morgan fingerprint density at radius 2 is 1.87 bits per heavy atom. The number of fused-ring (bicyclic) bond motifs is 1. The molecule has 0 aliphatic carbocycles. The molecular formula is C28H32N6O4S. The zero-order valence-corrected chi connectivity index (χ0v) is 23.1. The van der Waals surface area contributed by atoms with Crippen LogP contribution in [0.1, 0.15) is 29.9 Å². The predicted octanol–water partition coefficient (Wildman–Crippen LogP) is 3.66. The second-order valence-corrected chi connectivity index (χ2v) is 12.3. The van der Waals surface area contributed by atoms with E-state index in [0.717, 1.165) is 42.6 Å². The van der Waals surface area contributed by atoms with Gasteiger partial charge in [-0.3, -0.25) is 4.79 Å². The van der Waals surface area contributed by atoms with Crippen LogP contribution in [0.2, 0.25) is 0 Å². The lowest BCUT2D eigenvalue weighted by Gasteiger charge is -2.32. The highest BCUT2D eigenvalue weighted by atomic mass is 32.2. The van der Waals surface area contributed by atoms with Crippen molar-refractivity contribution in [2.45, 2.75) is 25.7 Å². The highest BCUT2D eigenvalue weighted by Gasteiger charge is 2.22. The van der Waals surface area contributed by atoms with Crippen molar-refractivity contribution in [3.8, 4) is 17.3 Å². The average Bonchev–Trinajstić information content (AvgIpc) is 2.92. The second kappa shape index (κ2) is 11.1. The third kappa shape index (κ3) is 6.26. The lowest BCUT2D eigenvalue weighted by atomic mass is 9.86. The maximum absolute atomic E-state index is 12.8. The molecule has 1 aliphatic rings. The van der Waals surface area contributed by atoms with Gasteiger partial charge < -0.3 is 19.9 Å². The van der Waals surface area contributed by atoms with E-state index in [4.69, 9.17) is 9.72 Å². The Morgan fingerprint density at radius 3 is 2.54 bits per heavy atom. The van der Waals surface area contributed by atoms with Crippen LogP contribution in [-0.2, 0) is 9.84 Å². The Morgan fingerprint density at radius 1 is 1.13 bits per heavy atom. The molecular weight excluding hydrogens is 516 g/mol. The highest BCUT2D eigenvalue weighted by Crippen LogP contribution is 2.33. The molecule has 11 heteroatoms. The third-order valence-corrected chi connectivity index (χ3v) is 8.12. The molecule has 0 unspecified atom stereocenters. The molecule has 10 nitrogen and oxygen atoms in total. The second-order valence-electron chi connectivity index (χ2n) is 10.0. The fourth-order valence-corrected chi connectivity index (χ4v) is 5.71. The van der Waals surface area contributed by atoms with Crippen molar-refractivity contribution in [1.82, 2.24) is 24.8 Å². The molecule has 2 N–H and O–H groups in total. The first-order valence-electron chi connectivity index (χ1n) is 12.9. The normalized spacial score (nSPS) is 14.9. The summed E-state index contributed by atoms with van der Waals surface area (Å²) in [6, 6.07) is 10.2. The van der Waals surface area contributed by atoms with E-state index in [0.29, 0.717) is 34.9 Å². The first-order valence-corrected chi connectivity index (χ1v) is 14.9. The van der Waals surface area contributed by atoms with Crippen molar-refractivity contribution in [2.24, 2.45) is 0 Å². The van der Waals surface area contributed by atoms with Gasteiger partial charge in [-0.1, -0.05) is 6.07 Å². The fourth-order valence-electron chi connectivity index (χ4n) is 5.12. The molecule has 204 valence electrons. The summed E-state index contributed by atoms with van der Waals surface area (Å²) in [5.74, 6) is 1.08. The summed E-state index contributed by atoms with van der Waals surface area (Å²) in [7, 11) is -1.44. The average molecular weight is 549 g/mol. The smallest absolute Gasteiger partial charge is 0.316 e. The number of anilines is 2. The lowest BCUT2D eigenvalue weighted by molar-refractivity contribution is 0.223. The molecule has 4 aromatic rings. The molecule has 5 rings (SSSR count). The largest absolute Gasteiger partial charge is 0.467 e. The number of benzene rings is 1. The number of pyridine rings is 2. The van der Waals surface area contributed by atoms with Crippen LogP contribution >= 0.6 is 0 Å². The van der Waals surface area contributed by atoms with Gasteiger partial charge in [0.05, 0.1) is 23.9 Å².